The van der Waals surface area contributed by atoms with Crippen molar-refractivity contribution in [3.05, 3.63) is 35.4 Å². The highest BCUT2D eigenvalue weighted by molar-refractivity contribution is 6.02. The lowest BCUT2D eigenvalue weighted by Crippen LogP contribution is -2.55. The maximum absolute atomic E-state index is 12.7. The predicted molar refractivity (Wildman–Crippen MR) is 99.1 cm³/mol. The van der Waals surface area contributed by atoms with Crippen molar-refractivity contribution in [3.8, 4) is 0 Å². The molecule has 148 valence electrons. The largest absolute Gasteiger partial charge is 0.466 e. The fraction of sp³-hybridized carbons (Fsp3) is 0.571. The molecule has 1 fully saturated rings. The average molecular weight is 376 g/mol. The summed E-state index contributed by atoms with van der Waals surface area (Å²) in [5, 5.41) is 10.9. The molecule has 0 amide bonds. The molecule has 2 rings (SSSR count). The smallest absolute Gasteiger partial charge is 0.317 e. The van der Waals surface area contributed by atoms with E-state index in [1.54, 1.807) is 26.0 Å². The molecule has 1 N–H and O–H groups in total. The van der Waals surface area contributed by atoms with Gasteiger partial charge >= 0.3 is 11.9 Å². The molecule has 0 bridgehead atoms. The summed E-state index contributed by atoms with van der Waals surface area (Å²) in [6, 6.07) is 7.40. The normalized spacial score (nSPS) is 27.9. The third kappa shape index (κ3) is 4.38. The number of aliphatic hydroxyl groups is 1. The number of carbonyl (C=O) groups excluding carboxylic acids is 3. The van der Waals surface area contributed by atoms with Crippen LogP contribution in [0.3, 0.4) is 0 Å². The molecule has 1 aliphatic rings. The van der Waals surface area contributed by atoms with Gasteiger partial charge in [-0.15, -0.1) is 0 Å². The van der Waals surface area contributed by atoms with E-state index in [2.05, 4.69) is 0 Å². The summed E-state index contributed by atoms with van der Waals surface area (Å²) in [5.74, 6) is -4.75. The lowest BCUT2D eigenvalue weighted by atomic mass is 9.61. The second-order valence-electron chi connectivity index (χ2n) is 7.08. The van der Waals surface area contributed by atoms with Crippen LogP contribution < -0.4 is 0 Å². The molecule has 1 aromatic carbocycles. The third-order valence-corrected chi connectivity index (χ3v) is 5.12. The number of hydrogen-bond acceptors (Lipinski definition) is 6. The van der Waals surface area contributed by atoms with Gasteiger partial charge in [0.05, 0.1) is 24.7 Å². The topological polar surface area (TPSA) is 89.9 Å². The number of Topliss-reactive ketones (excluding diaryl/α,β-unsaturated/α-hetero) is 1. The molecular formula is C21H28O6. The van der Waals surface area contributed by atoms with E-state index < -0.39 is 41.1 Å². The minimum Gasteiger partial charge on any atom is -0.466 e. The minimum absolute atomic E-state index is 0.130. The standard InChI is InChI=1S/C21H28O6/c1-5-13-8-10-14(11-9-13)16-17(19(23)26-6-2)15(22)12-21(4,25)18(16)20(24)27-7-3/h8-11,16-18,25H,5-7,12H2,1-4H3/t16-,17+,18-,21+/m0/s1. The van der Waals surface area contributed by atoms with Crippen LogP contribution in [0.5, 0.6) is 0 Å². The summed E-state index contributed by atoms with van der Waals surface area (Å²) in [4.78, 5) is 38.0. The second kappa shape index (κ2) is 8.65. The maximum atomic E-state index is 12.7. The van der Waals surface area contributed by atoms with E-state index in [1.165, 1.54) is 6.92 Å². The number of hydrogen-bond donors (Lipinski definition) is 1. The Labute approximate surface area is 159 Å². The van der Waals surface area contributed by atoms with E-state index in [4.69, 9.17) is 9.47 Å². The molecule has 0 heterocycles. The van der Waals surface area contributed by atoms with Crippen LogP contribution in [-0.4, -0.2) is 41.6 Å². The Morgan fingerprint density at radius 3 is 2.15 bits per heavy atom. The van der Waals surface area contributed by atoms with Gasteiger partial charge in [0.25, 0.3) is 0 Å². The Bertz CT molecular complexity index is 691. The highest BCUT2D eigenvalue weighted by Gasteiger charge is 2.57. The van der Waals surface area contributed by atoms with E-state index in [0.717, 1.165) is 12.0 Å². The van der Waals surface area contributed by atoms with Gasteiger partial charge in [-0.25, -0.2) is 0 Å². The second-order valence-corrected chi connectivity index (χ2v) is 7.08. The van der Waals surface area contributed by atoms with Gasteiger partial charge in [-0.2, -0.15) is 0 Å². The van der Waals surface area contributed by atoms with Crippen molar-refractivity contribution < 1.29 is 29.0 Å². The molecule has 0 radical (unpaired) electrons. The zero-order valence-corrected chi connectivity index (χ0v) is 16.4. The summed E-state index contributed by atoms with van der Waals surface area (Å²) in [7, 11) is 0. The van der Waals surface area contributed by atoms with Gasteiger partial charge in [0.15, 0.2) is 5.78 Å². The number of ketones is 1. The first-order valence-corrected chi connectivity index (χ1v) is 9.43. The van der Waals surface area contributed by atoms with Crippen molar-refractivity contribution in [2.75, 3.05) is 13.2 Å². The number of carbonyl (C=O) groups is 3. The molecule has 4 atom stereocenters. The van der Waals surface area contributed by atoms with Gasteiger partial charge in [-0.3, -0.25) is 14.4 Å². The highest BCUT2D eigenvalue weighted by Crippen LogP contribution is 2.46. The zero-order chi connectivity index (χ0) is 20.2. The van der Waals surface area contributed by atoms with Crippen LogP contribution in [0.15, 0.2) is 24.3 Å². The van der Waals surface area contributed by atoms with E-state index >= 15 is 0 Å². The molecule has 1 aliphatic carbocycles. The number of aryl methyl sites for hydroxylation is 1. The molecule has 1 saturated carbocycles. The van der Waals surface area contributed by atoms with Gasteiger partial charge in [-0.05, 0) is 38.3 Å². The van der Waals surface area contributed by atoms with Crippen LogP contribution in [0.4, 0.5) is 0 Å². The Morgan fingerprint density at radius 2 is 1.63 bits per heavy atom. The van der Waals surface area contributed by atoms with Crippen molar-refractivity contribution in [3.63, 3.8) is 0 Å². The zero-order valence-electron chi connectivity index (χ0n) is 16.4. The fourth-order valence-corrected chi connectivity index (χ4v) is 3.86. The van der Waals surface area contributed by atoms with E-state index in [0.29, 0.717) is 5.56 Å². The molecule has 0 saturated heterocycles. The molecule has 0 unspecified atom stereocenters. The van der Waals surface area contributed by atoms with Gasteiger partial charge in [0.1, 0.15) is 5.92 Å². The van der Waals surface area contributed by atoms with Gasteiger partial charge < -0.3 is 14.6 Å². The summed E-state index contributed by atoms with van der Waals surface area (Å²) >= 11 is 0. The Hall–Kier alpha value is -2.21. The van der Waals surface area contributed by atoms with Crippen molar-refractivity contribution in [2.24, 2.45) is 11.8 Å². The van der Waals surface area contributed by atoms with Crippen molar-refractivity contribution >= 4 is 17.7 Å². The fourth-order valence-electron chi connectivity index (χ4n) is 3.86. The average Bonchev–Trinajstić information content (AvgIpc) is 2.60. The summed E-state index contributed by atoms with van der Waals surface area (Å²) in [6.07, 6.45) is 0.535. The van der Waals surface area contributed by atoms with Gasteiger partial charge in [0.2, 0.25) is 0 Å². The minimum atomic E-state index is -1.61. The Kier molecular flexibility index (Phi) is 6.76. The Balaban J connectivity index is 2.59. The van der Waals surface area contributed by atoms with Crippen molar-refractivity contribution in [1.82, 2.24) is 0 Å². The predicted octanol–water partition coefficient (Wildman–Crippen LogP) is 2.42. The van der Waals surface area contributed by atoms with E-state index in [-0.39, 0.29) is 19.6 Å². The highest BCUT2D eigenvalue weighted by atomic mass is 16.5. The molecule has 1 aromatic rings. The third-order valence-electron chi connectivity index (χ3n) is 5.12. The SMILES string of the molecule is CCOC(=O)[C@@H]1C(=O)C[C@@](C)(O)[C@H](C(=O)OCC)[C@H]1c1ccc(CC)cc1. The number of esters is 2. The van der Waals surface area contributed by atoms with Crippen LogP contribution in [0.1, 0.15) is 51.2 Å². The molecule has 6 heteroatoms. The Morgan fingerprint density at radius 1 is 1.07 bits per heavy atom. The quantitative estimate of drug-likeness (QED) is 0.606. The van der Waals surface area contributed by atoms with Gasteiger partial charge in [-0.1, -0.05) is 31.2 Å². The summed E-state index contributed by atoms with van der Waals surface area (Å²) in [6.45, 7) is 7.08. The molecular weight excluding hydrogens is 348 g/mol. The monoisotopic (exact) mass is 376 g/mol. The summed E-state index contributed by atoms with van der Waals surface area (Å²) < 4.78 is 10.3. The number of benzene rings is 1. The first kappa shape index (κ1) is 21.1. The molecule has 0 aliphatic heterocycles. The van der Waals surface area contributed by atoms with Gasteiger partial charge in [0, 0.05) is 12.3 Å². The van der Waals surface area contributed by atoms with Crippen LogP contribution in [0, 0.1) is 11.8 Å². The van der Waals surface area contributed by atoms with Crippen LogP contribution in [0.25, 0.3) is 0 Å². The van der Waals surface area contributed by atoms with Crippen molar-refractivity contribution in [1.29, 1.82) is 0 Å². The first-order chi connectivity index (χ1) is 12.8. The molecule has 6 nitrogen and oxygen atoms in total. The molecule has 27 heavy (non-hydrogen) atoms. The lowest BCUT2D eigenvalue weighted by molar-refractivity contribution is -0.172. The van der Waals surface area contributed by atoms with E-state index in [9.17, 15) is 19.5 Å². The van der Waals surface area contributed by atoms with Crippen molar-refractivity contribution in [2.45, 2.75) is 52.1 Å². The molecule has 0 spiro atoms. The lowest BCUT2D eigenvalue weighted by Gasteiger charge is -2.43. The van der Waals surface area contributed by atoms with Crippen LogP contribution >= 0.6 is 0 Å². The van der Waals surface area contributed by atoms with Crippen LogP contribution in [-0.2, 0) is 30.3 Å². The summed E-state index contributed by atoms with van der Waals surface area (Å²) in [5.41, 5.74) is 0.116. The molecule has 0 aromatic heterocycles. The first-order valence-electron chi connectivity index (χ1n) is 9.43. The van der Waals surface area contributed by atoms with Crippen LogP contribution in [0.2, 0.25) is 0 Å². The number of rotatable bonds is 6. The maximum Gasteiger partial charge on any atom is 0.317 e. The number of ether oxygens (including phenoxy) is 2. The van der Waals surface area contributed by atoms with E-state index in [1.807, 2.05) is 19.1 Å².